The van der Waals surface area contributed by atoms with Crippen LogP contribution in [0.1, 0.15) is 5.56 Å². The summed E-state index contributed by atoms with van der Waals surface area (Å²) in [6.07, 6.45) is 0.788. The fraction of sp³-hybridized carbons (Fsp3) is 0.250. The Hall–Kier alpha value is -0.870. The first-order chi connectivity index (χ1) is 5.74. The maximum atomic E-state index is 10.5. The van der Waals surface area contributed by atoms with Gasteiger partial charge in [0.25, 0.3) is 0 Å². The molecule has 0 saturated heterocycles. The molecule has 0 unspecified atom stereocenters. The lowest BCUT2D eigenvalue weighted by molar-refractivity contribution is 0.614. The van der Waals surface area contributed by atoms with Crippen LogP contribution in [0.5, 0.6) is 0 Å². The van der Waals surface area contributed by atoms with Crippen molar-refractivity contribution in [3.05, 3.63) is 29.8 Å². The highest BCUT2D eigenvalue weighted by molar-refractivity contribution is 7.72. The summed E-state index contributed by atoms with van der Waals surface area (Å²) in [6, 6.07) is 6.76. The molecule has 1 aromatic rings. The second kappa shape index (κ2) is 4.23. The predicted octanol–water partition coefficient (Wildman–Crippen LogP) is 0.158. The third kappa shape index (κ3) is 2.32. The molecule has 0 radical (unpaired) electrons. The molecule has 0 aliphatic rings. The van der Waals surface area contributed by atoms with Crippen LogP contribution in [0.4, 0.5) is 0 Å². The van der Waals surface area contributed by atoms with Crippen LogP contribution in [0.25, 0.3) is 0 Å². The summed E-state index contributed by atoms with van der Waals surface area (Å²) in [5.74, 6) is 0. The van der Waals surface area contributed by atoms with Gasteiger partial charge < -0.3 is 5.73 Å². The van der Waals surface area contributed by atoms with Crippen molar-refractivity contribution in [1.82, 2.24) is 0 Å². The van der Waals surface area contributed by atoms with E-state index >= 15 is 0 Å². The molecule has 0 heterocycles. The molecule has 12 heavy (non-hydrogen) atoms. The van der Waals surface area contributed by atoms with E-state index in [4.69, 9.17) is 5.73 Å². The Morgan fingerprint density at radius 3 is 2.17 bits per heavy atom. The highest BCUT2D eigenvalue weighted by atomic mass is 32.2. The first-order valence-corrected chi connectivity index (χ1v) is 4.85. The van der Waals surface area contributed by atoms with E-state index in [0.29, 0.717) is 11.4 Å². The predicted molar refractivity (Wildman–Crippen MR) is 47.8 cm³/mol. The van der Waals surface area contributed by atoms with Crippen molar-refractivity contribution in [2.24, 2.45) is 5.73 Å². The molecular weight excluding hydrogens is 174 g/mol. The molecule has 0 aromatic heterocycles. The van der Waals surface area contributed by atoms with Crippen molar-refractivity contribution >= 4 is 10.7 Å². The van der Waals surface area contributed by atoms with Crippen molar-refractivity contribution in [2.75, 3.05) is 6.54 Å². The van der Waals surface area contributed by atoms with Crippen molar-refractivity contribution < 1.29 is 8.42 Å². The summed E-state index contributed by atoms with van der Waals surface area (Å²) in [6.45, 7) is 0.586. The van der Waals surface area contributed by atoms with Gasteiger partial charge in [0.2, 0.25) is 0 Å². The number of hydrogen-bond donors (Lipinski definition) is 2. The van der Waals surface area contributed by atoms with E-state index < -0.39 is 10.7 Å². The zero-order valence-corrected chi connectivity index (χ0v) is 7.46. The molecule has 3 nitrogen and oxygen atoms in total. The van der Waals surface area contributed by atoms with Crippen LogP contribution < -0.4 is 5.73 Å². The van der Waals surface area contributed by atoms with Gasteiger partial charge in [-0.1, -0.05) is 12.1 Å². The third-order valence-electron chi connectivity index (χ3n) is 1.58. The Balaban J connectivity index is 2.85. The summed E-state index contributed by atoms with van der Waals surface area (Å²) in [5.41, 5.74) is 6.41. The standard InChI is InChI=1S/C8H11NO2S/c9-6-5-7-1-3-8(4-2-7)12(10)11/h1-4,12H,5-6,9H2. The van der Waals surface area contributed by atoms with Crippen molar-refractivity contribution in [1.29, 1.82) is 0 Å². The minimum absolute atomic E-state index is 0.353. The summed E-state index contributed by atoms with van der Waals surface area (Å²) in [7, 11) is -2.45. The fourth-order valence-electron chi connectivity index (χ4n) is 0.951. The van der Waals surface area contributed by atoms with Crippen LogP contribution in [-0.4, -0.2) is 15.0 Å². The van der Waals surface area contributed by atoms with Crippen molar-refractivity contribution in [3.63, 3.8) is 0 Å². The first kappa shape index (κ1) is 9.22. The molecule has 0 amide bonds. The third-order valence-corrected chi connectivity index (χ3v) is 2.30. The van der Waals surface area contributed by atoms with E-state index in [1.807, 2.05) is 0 Å². The molecule has 0 spiro atoms. The Morgan fingerprint density at radius 1 is 1.17 bits per heavy atom. The lowest BCUT2D eigenvalue weighted by atomic mass is 10.2. The average Bonchev–Trinajstić information content (AvgIpc) is 2.06. The summed E-state index contributed by atoms with van der Waals surface area (Å²) in [5, 5.41) is 0. The molecule has 0 atom stereocenters. The molecule has 4 heteroatoms. The maximum absolute atomic E-state index is 10.5. The lowest BCUT2D eigenvalue weighted by Crippen LogP contribution is -2.02. The van der Waals surface area contributed by atoms with Gasteiger partial charge in [-0.15, -0.1) is 0 Å². The van der Waals surface area contributed by atoms with Gasteiger partial charge >= 0.3 is 0 Å². The van der Waals surface area contributed by atoms with Gasteiger partial charge in [0.15, 0.2) is 10.7 Å². The van der Waals surface area contributed by atoms with E-state index in [0.717, 1.165) is 12.0 Å². The van der Waals surface area contributed by atoms with Crippen molar-refractivity contribution in [3.8, 4) is 0 Å². The van der Waals surface area contributed by atoms with E-state index in [-0.39, 0.29) is 0 Å². The number of rotatable bonds is 3. The summed E-state index contributed by atoms with van der Waals surface area (Å²) in [4.78, 5) is 0.353. The second-order valence-corrected chi connectivity index (χ2v) is 3.49. The molecule has 0 aliphatic carbocycles. The summed E-state index contributed by atoms with van der Waals surface area (Å²) >= 11 is 0. The Kier molecular flexibility index (Phi) is 3.25. The van der Waals surface area contributed by atoms with Crippen LogP contribution in [0, 0.1) is 0 Å². The van der Waals surface area contributed by atoms with Crippen molar-refractivity contribution in [2.45, 2.75) is 11.3 Å². The minimum atomic E-state index is -2.45. The molecule has 1 aromatic carbocycles. The molecule has 2 N–H and O–H groups in total. The van der Waals surface area contributed by atoms with Crippen LogP contribution in [-0.2, 0) is 17.1 Å². The number of benzene rings is 1. The van der Waals surface area contributed by atoms with Gasteiger partial charge in [0.05, 0.1) is 4.90 Å². The fourth-order valence-corrected chi connectivity index (χ4v) is 1.34. The molecule has 0 aliphatic heterocycles. The molecule has 0 saturated carbocycles. The quantitative estimate of drug-likeness (QED) is 0.659. The zero-order valence-electron chi connectivity index (χ0n) is 6.56. The Labute approximate surface area is 73.2 Å². The van der Waals surface area contributed by atoms with Crippen LogP contribution >= 0.6 is 0 Å². The topological polar surface area (TPSA) is 60.2 Å². The van der Waals surface area contributed by atoms with Crippen LogP contribution in [0.15, 0.2) is 29.2 Å². The Bertz CT molecular complexity index is 308. The maximum Gasteiger partial charge on any atom is 0.168 e. The van der Waals surface area contributed by atoms with E-state index in [1.165, 1.54) is 0 Å². The van der Waals surface area contributed by atoms with Gasteiger partial charge in [-0.2, -0.15) is 0 Å². The largest absolute Gasteiger partial charge is 0.330 e. The normalized spacial score (nSPS) is 10.5. The Morgan fingerprint density at radius 2 is 1.75 bits per heavy atom. The minimum Gasteiger partial charge on any atom is -0.330 e. The van der Waals surface area contributed by atoms with E-state index in [9.17, 15) is 8.42 Å². The monoisotopic (exact) mass is 185 g/mol. The second-order valence-electron chi connectivity index (χ2n) is 2.46. The van der Waals surface area contributed by atoms with Gasteiger partial charge in [-0.25, -0.2) is 8.42 Å². The molecule has 0 bridgehead atoms. The molecule has 0 fully saturated rings. The number of thiol groups is 1. The lowest BCUT2D eigenvalue weighted by Gasteiger charge is -1.97. The number of nitrogens with two attached hydrogens (primary N) is 1. The molecule has 66 valence electrons. The van der Waals surface area contributed by atoms with Gasteiger partial charge in [-0.3, -0.25) is 0 Å². The first-order valence-electron chi connectivity index (χ1n) is 3.67. The van der Waals surface area contributed by atoms with Gasteiger partial charge in [-0.05, 0) is 30.7 Å². The average molecular weight is 185 g/mol. The van der Waals surface area contributed by atoms with Crippen LogP contribution in [0.2, 0.25) is 0 Å². The van der Waals surface area contributed by atoms with Crippen LogP contribution in [0.3, 0.4) is 0 Å². The smallest absolute Gasteiger partial charge is 0.168 e. The molecule has 1 rings (SSSR count). The highest BCUT2D eigenvalue weighted by Gasteiger charge is 1.94. The van der Waals surface area contributed by atoms with E-state index in [2.05, 4.69) is 0 Å². The highest BCUT2D eigenvalue weighted by Crippen LogP contribution is 2.05. The SMILES string of the molecule is NCCc1ccc([SH](=O)=O)cc1. The zero-order chi connectivity index (χ0) is 8.97. The van der Waals surface area contributed by atoms with Gasteiger partial charge in [0, 0.05) is 0 Å². The summed E-state index contributed by atoms with van der Waals surface area (Å²) < 4.78 is 21.0. The van der Waals surface area contributed by atoms with Gasteiger partial charge in [0.1, 0.15) is 0 Å². The number of hydrogen-bond acceptors (Lipinski definition) is 3. The molecular formula is C8H11NO2S. The van der Waals surface area contributed by atoms with E-state index in [1.54, 1.807) is 24.3 Å².